The highest BCUT2D eigenvalue weighted by atomic mass is 16.3. The predicted octanol–water partition coefficient (Wildman–Crippen LogP) is 3.33. The standard InChI is InChI=1S/C14H15NO/c1-3-12-5-4-6-13(15-12)11-7-8-14(16)10(2)9-11/h4-9,16H,3H2,1-2H3. The van der Waals surface area contributed by atoms with E-state index in [2.05, 4.69) is 11.9 Å². The van der Waals surface area contributed by atoms with Crippen LogP contribution in [0.4, 0.5) is 0 Å². The number of pyridine rings is 1. The molecule has 0 atom stereocenters. The van der Waals surface area contributed by atoms with Gasteiger partial charge in [-0.1, -0.05) is 13.0 Å². The van der Waals surface area contributed by atoms with Crippen LogP contribution < -0.4 is 0 Å². The van der Waals surface area contributed by atoms with Crippen LogP contribution in [0.1, 0.15) is 18.2 Å². The zero-order chi connectivity index (χ0) is 11.5. The minimum Gasteiger partial charge on any atom is -0.508 e. The van der Waals surface area contributed by atoms with Gasteiger partial charge in [0.25, 0.3) is 0 Å². The van der Waals surface area contributed by atoms with Crippen molar-refractivity contribution >= 4 is 0 Å². The van der Waals surface area contributed by atoms with Gasteiger partial charge in [0.15, 0.2) is 0 Å². The molecule has 0 saturated heterocycles. The molecule has 82 valence electrons. The quantitative estimate of drug-likeness (QED) is 0.830. The van der Waals surface area contributed by atoms with Crippen molar-refractivity contribution in [2.45, 2.75) is 20.3 Å². The Kier molecular flexibility index (Phi) is 2.91. The van der Waals surface area contributed by atoms with Gasteiger partial charge in [0.05, 0.1) is 5.69 Å². The molecule has 2 heteroatoms. The Balaban J connectivity index is 2.46. The third-order valence-corrected chi connectivity index (χ3v) is 2.66. The number of aromatic nitrogens is 1. The number of aromatic hydroxyl groups is 1. The molecular formula is C14H15NO. The van der Waals surface area contributed by atoms with Gasteiger partial charge < -0.3 is 5.11 Å². The van der Waals surface area contributed by atoms with Gasteiger partial charge in [-0.05, 0) is 49.2 Å². The zero-order valence-electron chi connectivity index (χ0n) is 9.57. The molecule has 0 aliphatic heterocycles. The first-order valence-electron chi connectivity index (χ1n) is 5.46. The Morgan fingerprint density at radius 2 is 2.00 bits per heavy atom. The Hall–Kier alpha value is -1.83. The molecule has 1 N–H and O–H groups in total. The number of benzene rings is 1. The molecule has 0 aliphatic rings. The van der Waals surface area contributed by atoms with Crippen LogP contribution in [-0.4, -0.2) is 10.1 Å². The molecule has 16 heavy (non-hydrogen) atoms. The maximum atomic E-state index is 9.47. The number of nitrogens with zero attached hydrogens (tertiary/aromatic N) is 1. The molecule has 2 aromatic rings. The lowest BCUT2D eigenvalue weighted by Gasteiger charge is -2.05. The number of phenolic OH excluding ortho intramolecular Hbond substituents is 1. The Bertz CT molecular complexity index is 506. The Morgan fingerprint density at radius 1 is 1.19 bits per heavy atom. The van der Waals surface area contributed by atoms with Gasteiger partial charge in [0.2, 0.25) is 0 Å². The van der Waals surface area contributed by atoms with E-state index in [4.69, 9.17) is 0 Å². The fourth-order valence-electron chi connectivity index (χ4n) is 1.65. The Labute approximate surface area is 95.6 Å². The van der Waals surface area contributed by atoms with Gasteiger partial charge in [0, 0.05) is 11.3 Å². The van der Waals surface area contributed by atoms with Crippen LogP contribution >= 0.6 is 0 Å². The van der Waals surface area contributed by atoms with Gasteiger partial charge in [-0.15, -0.1) is 0 Å². The molecule has 1 aromatic heterocycles. The monoisotopic (exact) mass is 213 g/mol. The molecule has 1 aromatic carbocycles. The third kappa shape index (κ3) is 2.06. The Morgan fingerprint density at radius 3 is 2.69 bits per heavy atom. The summed E-state index contributed by atoms with van der Waals surface area (Å²) in [5, 5.41) is 9.47. The smallest absolute Gasteiger partial charge is 0.118 e. The fourth-order valence-corrected chi connectivity index (χ4v) is 1.65. The number of phenols is 1. The van der Waals surface area contributed by atoms with Gasteiger partial charge >= 0.3 is 0 Å². The predicted molar refractivity (Wildman–Crippen MR) is 65.5 cm³/mol. The zero-order valence-corrected chi connectivity index (χ0v) is 9.57. The van der Waals surface area contributed by atoms with E-state index in [0.717, 1.165) is 28.9 Å². The molecule has 0 fully saturated rings. The third-order valence-electron chi connectivity index (χ3n) is 2.66. The van der Waals surface area contributed by atoms with Crippen molar-refractivity contribution in [2.75, 3.05) is 0 Å². The molecule has 0 unspecified atom stereocenters. The summed E-state index contributed by atoms with van der Waals surface area (Å²) >= 11 is 0. The van der Waals surface area contributed by atoms with E-state index in [0.29, 0.717) is 5.75 Å². The molecule has 2 rings (SSSR count). The number of hydrogen-bond acceptors (Lipinski definition) is 2. The number of aryl methyl sites for hydroxylation is 2. The maximum Gasteiger partial charge on any atom is 0.118 e. The molecule has 0 radical (unpaired) electrons. The van der Waals surface area contributed by atoms with Crippen LogP contribution in [0, 0.1) is 6.92 Å². The second-order valence-corrected chi connectivity index (χ2v) is 3.87. The highest BCUT2D eigenvalue weighted by molar-refractivity contribution is 5.61. The van der Waals surface area contributed by atoms with Gasteiger partial charge in [-0.3, -0.25) is 4.98 Å². The van der Waals surface area contributed by atoms with E-state index in [1.165, 1.54) is 0 Å². The first-order chi connectivity index (χ1) is 7.70. The summed E-state index contributed by atoms with van der Waals surface area (Å²) in [6.07, 6.45) is 0.935. The van der Waals surface area contributed by atoms with Gasteiger partial charge in [-0.25, -0.2) is 0 Å². The molecule has 2 nitrogen and oxygen atoms in total. The maximum absolute atomic E-state index is 9.47. The SMILES string of the molecule is CCc1cccc(-c2ccc(O)c(C)c2)n1. The first-order valence-corrected chi connectivity index (χ1v) is 5.46. The lowest BCUT2D eigenvalue weighted by atomic mass is 10.1. The average Bonchev–Trinajstić information content (AvgIpc) is 2.33. The fraction of sp³-hybridized carbons (Fsp3) is 0.214. The van der Waals surface area contributed by atoms with E-state index < -0.39 is 0 Å². The molecule has 0 saturated carbocycles. The van der Waals surface area contributed by atoms with E-state index in [-0.39, 0.29) is 0 Å². The average molecular weight is 213 g/mol. The van der Waals surface area contributed by atoms with E-state index in [1.54, 1.807) is 6.07 Å². The highest BCUT2D eigenvalue weighted by Gasteiger charge is 2.02. The van der Waals surface area contributed by atoms with E-state index >= 15 is 0 Å². The van der Waals surface area contributed by atoms with Gasteiger partial charge in [0.1, 0.15) is 5.75 Å². The second kappa shape index (κ2) is 4.35. The van der Waals surface area contributed by atoms with Crippen molar-refractivity contribution in [3.63, 3.8) is 0 Å². The minimum absolute atomic E-state index is 0.329. The van der Waals surface area contributed by atoms with Crippen LogP contribution in [0.5, 0.6) is 5.75 Å². The molecule has 1 heterocycles. The van der Waals surface area contributed by atoms with Gasteiger partial charge in [-0.2, -0.15) is 0 Å². The van der Waals surface area contributed by atoms with Crippen LogP contribution in [0.15, 0.2) is 36.4 Å². The molecule has 0 spiro atoms. The molecule has 0 bridgehead atoms. The summed E-state index contributed by atoms with van der Waals surface area (Å²) in [5.74, 6) is 0.329. The van der Waals surface area contributed by atoms with Crippen LogP contribution in [0.2, 0.25) is 0 Å². The van der Waals surface area contributed by atoms with Crippen molar-refractivity contribution < 1.29 is 5.11 Å². The van der Waals surface area contributed by atoms with Crippen molar-refractivity contribution in [3.8, 4) is 17.0 Å². The second-order valence-electron chi connectivity index (χ2n) is 3.87. The normalized spacial score (nSPS) is 10.4. The summed E-state index contributed by atoms with van der Waals surface area (Å²) in [6, 6.07) is 11.6. The van der Waals surface area contributed by atoms with E-state index in [1.807, 2.05) is 37.3 Å². The van der Waals surface area contributed by atoms with Crippen LogP contribution in [0.3, 0.4) is 0 Å². The number of hydrogen-bond donors (Lipinski definition) is 1. The topological polar surface area (TPSA) is 33.1 Å². The van der Waals surface area contributed by atoms with Crippen molar-refractivity contribution in [1.29, 1.82) is 0 Å². The van der Waals surface area contributed by atoms with Crippen LogP contribution in [-0.2, 0) is 6.42 Å². The van der Waals surface area contributed by atoms with Crippen LogP contribution in [0.25, 0.3) is 11.3 Å². The molecule has 0 aliphatic carbocycles. The van der Waals surface area contributed by atoms with Crippen molar-refractivity contribution in [2.24, 2.45) is 0 Å². The molecule has 0 amide bonds. The lowest BCUT2D eigenvalue weighted by Crippen LogP contribution is -1.90. The lowest BCUT2D eigenvalue weighted by molar-refractivity contribution is 0.471. The first kappa shape index (κ1) is 10.7. The highest BCUT2D eigenvalue weighted by Crippen LogP contribution is 2.24. The minimum atomic E-state index is 0.329. The number of rotatable bonds is 2. The summed E-state index contributed by atoms with van der Waals surface area (Å²) < 4.78 is 0. The summed E-state index contributed by atoms with van der Waals surface area (Å²) in [5.41, 5.74) is 3.97. The summed E-state index contributed by atoms with van der Waals surface area (Å²) in [7, 11) is 0. The van der Waals surface area contributed by atoms with Crippen molar-refractivity contribution in [1.82, 2.24) is 4.98 Å². The molecular weight excluding hydrogens is 198 g/mol. The van der Waals surface area contributed by atoms with E-state index in [9.17, 15) is 5.11 Å². The largest absolute Gasteiger partial charge is 0.508 e. The summed E-state index contributed by atoms with van der Waals surface area (Å²) in [4.78, 5) is 4.55. The summed E-state index contributed by atoms with van der Waals surface area (Å²) in [6.45, 7) is 3.98. The van der Waals surface area contributed by atoms with Crippen molar-refractivity contribution in [3.05, 3.63) is 47.7 Å².